The molecule has 0 radical (unpaired) electrons. The van der Waals surface area contributed by atoms with Crippen molar-refractivity contribution in [3.05, 3.63) is 16.1 Å². The summed E-state index contributed by atoms with van der Waals surface area (Å²) in [5.41, 5.74) is 1.05. The lowest BCUT2D eigenvalue weighted by Gasteiger charge is -2.29. The first-order chi connectivity index (χ1) is 9.52. The van der Waals surface area contributed by atoms with E-state index in [-0.39, 0.29) is 11.6 Å². The lowest BCUT2D eigenvalue weighted by atomic mass is 9.98. The van der Waals surface area contributed by atoms with E-state index in [4.69, 9.17) is 4.74 Å². The van der Waals surface area contributed by atoms with Crippen molar-refractivity contribution in [2.75, 3.05) is 13.2 Å². The van der Waals surface area contributed by atoms with E-state index in [0.29, 0.717) is 13.2 Å². The summed E-state index contributed by atoms with van der Waals surface area (Å²) in [5.74, 6) is 0. The molecule has 4 nitrogen and oxygen atoms in total. The second-order valence-corrected chi connectivity index (χ2v) is 6.86. The summed E-state index contributed by atoms with van der Waals surface area (Å²) in [7, 11) is 0. The summed E-state index contributed by atoms with van der Waals surface area (Å²) < 4.78 is 5.46. The number of ether oxygens (including phenoxy) is 1. The second-order valence-electron chi connectivity index (χ2n) is 6.00. The van der Waals surface area contributed by atoms with E-state index in [1.54, 1.807) is 11.3 Å². The summed E-state index contributed by atoms with van der Waals surface area (Å²) in [6.07, 6.45) is 4.37. The number of thiazole rings is 1. The van der Waals surface area contributed by atoms with E-state index in [0.717, 1.165) is 18.5 Å². The summed E-state index contributed by atoms with van der Waals surface area (Å²) >= 11 is 1.73. The van der Waals surface area contributed by atoms with Gasteiger partial charge in [0, 0.05) is 17.6 Å². The first-order valence-electron chi connectivity index (χ1n) is 7.49. The Morgan fingerprint density at radius 3 is 2.70 bits per heavy atom. The van der Waals surface area contributed by atoms with Crippen LogP contribution in [0.25, 0.3) is 0 Å². The maximum atomic E-state index is 10.0. The minimum atomic E-state index is -0.462. The molecule has 1 aromatic rings. The topological polar surface area (TPSA) is 54.4 Å². The number of hydrogen-bond donors (Lipinski definition) is 2. The quantitative estimate of drug-likeness (QED) is 0.812. The number of aliphatic hydroxyl groups is 1. The number of nitrogens with one attached hydrogen (secondary N) is 1. The highest BCUT2D eigenvalue weighted by molar-refractivity contribution is 7.09. The highest BCUT2D eigenvalue weighted by Gasteiger charge is 2.38. The molecule has 0 amide bonds. The molecule has 0 unspecified atom stereocenters. The number of rotatable bonds is 7. The van der Waals surface area contributed by atoms with Gasteiger partial charge in [-0.15, -0.1) is 11.3 Å². The molecule has 1 heterocycles. The van der Waals surface area contributed by atoms with Crippen molar-refractivity contribution in [1.29, 1.82) is 0 Å². The van der Waals surface area contributed by atoms with Crippen molar-refractivity contribution in [2.45, 2.75) is 64.2 Å². The molecular formula is C15H26N2O2S. The Balaban J connectivity index is 1.93. The van der Waals surface area contributed by atoms with Crippen molar-refractivity contribution in [2.24, 2.45) is 0 Å². The van der Waals surface area contributed by atoms with Crippen molar-refractivity contribution in [3.63, 3.8) is 0 Å². The molecule has 1 atom stereocenters. The van der Waals surface area contributed by atoms with Crippen LogP contribution in [0.3, 0.4) is 0 Å². The SMILES string of the molecule is Cc1csc(C2(NC[C@H](O)COC(C)C)CCCC2)n1. The summed E-state index contributed by atoms with van der Waals surface area (Å²) in [6.45, 7) is 6.95. The van der Waals surface area contributed by atoms with Crippen LogP contribution in [0.1, 0.15) is 50.2 Å². The van der Waals surface area contributed by atoms with Crippen molar-refractivity contribution in [1.82, 2.24) is 10.3 Å². The molecule has 1 aliphatic rings. The third-order valence-corrected chi connectivity index (χ3v) is 4.95. The van der Waals surface area contributed by atoms with Crippen LogP contribution in [0.4, 0.5) is 0 Å². The highest BCUT2D eigenvalue weighted by atomic mass is 32.1. The van der Waals surface area contributed by atoms with Crippen LogP contribution < -0.4 is 5.32 Å². The zero-order valence-corrected chi connectivity index (χ0v) is 13.5. The number of hydrogen-bond acceptors (Lipinski definition) is 5. The van der Waals surface area contributed by atoms with Crippen molar-refractivity contribution < 1.29 is 9.84 Å². The van der Waals surface area contributed by atoms with Gasteiger partial charge in [-0.25, -0.2) is 4.98 Å². The molecule has 20 heavy (non-hydrogen) atoms. The van der Waals surface area contributed by atoms with Gasteiger partial charge in [0.05, 0.1) is 24.4 Å². The second kappa shape index (κ2) is 6.98. The standard InChI is InChI=1S/C15H26N2O2S/c1-11(2)19-9-13(18)8-16-15(6-4-5-7-15)14-17-12(3)10-20-14/h10-11,13,16,18H,4-9H2,1-3H3/t13-/m0/s1. The van der Waals surface area contributed by atoms with Crippen LogP contribution in [0, 0.1) is 6.92 Å². The molecular weight excluding hydrogens is 272 g/mol. The van der Waals surface area contributed by atoms with E-state index in [2.05, 4.69) is 15.7 Å². The fraction of sp³-hybridized carbons (Fsp3) is 0.800. The Labute approximate surface area is 125 Å². The number of aromatic nitrogens is 1. The van der Waals surface area contributed by atoms with Gasteiger partial charge in [-0.2, -0.15) is 0 Å². The monoisotopic (exact) mass is 298 g/mol. The van der Waals surface area contributed by atoms with Gasteiger partial charge in [-0.05, 0) is 33.6 Å². The summed E-state index contributed by atoms with van der Waals surface area (Å²) in [4.78, 5) is 4.66. The molecule has 2 rings (SSSR count). The minimum absolute atomic E-state index is 0.0300. The van der Waals surface area contributed by atoms with E-state index in [1.807, 2.05) is 20.8 Å². The van der Waals surface area contributed by atoms with Gasteiger partial charge < -0.3 is 15.2 Å². The lowest BCUT2D eigenvalue weighted by Crippen LogP contribution is -2.44. The number of aryl methyl sites for hydroxylation is 1. The lowest BCUT2D eigenvalue weighted by molar-refractivity contribution is 0.00324. The predicted molar refractivity (Wildman–Crippen MR) is 82.1 cm³/mol. The van der Waals surface area contributed by atoms with Crippen molar-refractivity contribution >= 4 is 11.3 Å². The van der Waals surface area contributed by atoms with Crippen LogP contribution in [-0.4, -0.2) is 35.5 Å². The molecule has 1 fully saturated rings. The van der Waals surface area contributed by atoms with E-state index in [9.17, 15) is 5.11 Å². The van der Waals surface area contributed by atoms with Crippen LogP contribution in [0.2, 0.25) is 0 Å². The Morgan fingerprint density at radius 1 is 1.45 bits per heavy atom. The van der Waals surface area contributed by atoms with Crippen LogP contribution >= 0.6 is 11.3 Å². The van der Waals surface area contributed by atoms with Gasteiger partial charge in [-0.1, -0.05) is 12.8 Å². The third-order valence-electron chi connectivity index (χ3n) is 3.78. The molecule has 5 heteroatoms. The Kier molecular flexibility index (Phi) is 5.55. The molecule has 1 saturated carbocycles. The highest BCUT2D eigenvalue weighted by Crippen LogP contribution is 2.40. The van der Waals surface area contributed by atoms with Gasteiger partial charge in [0.15, 0.2) is 0 Å². The van der Waals surface area contributed by atoms with E-state index in [1.165, 1.54) is 17.8 Å². The van der Waals surface area contributed by atoms with Gasteiger partial charge in [0.2, 0.25) is 0 Å². The van der Waals surface area contributed by atoms with Gasteiger partial charge in [-0.3, -0.25) is 0 Å². The average molecular weight is 298 g/mol. The molecule has 1 aromatic heterocycles. The molecule has 0 aromatic carbocycles. The summed E-state index contributed by atoms with van der Waals surface area (Å²) in [5, 5.41) is 16.9. The summed E-state index contributed by atoms with van der Waals surface area (Å²) in [6, 6.07) is 0. The molecule has 2 N–H and O–H groups in total. The fourth-order valence-electron chi connectivity index (χ4n) is 2.69. The van der Waals surface area contributed by atoms with Gasteiger partial charge >= 0.3 is 0 Å². The minimum Gasteiger partial charge on any atom is -0.389 e. The van der Waals surface area contributed by atoms with Gasteiger partial charge in [0.1, 0.15) is 5.01 Å². The maximum Gasteiger partial charge on any atom is 0.113 e. The number of aliphatic hydroxyl groups excluding tert-OH is 1. The number of nitrogens with zero attached hydrogens (tertiary/aromatic N) is 1. The van der Waals surface area contributed by atoms with E-state index >= 15 is 0 Å². The first kappa shape index (κ1) is 15.9. The van der Waals surface area contributed by atoms with E-state index < -0.39 is 6.10 Å². The molecule has 0 spiro atoms. The van der Waals surface area contributed by atoms with Crippen LogP contribution in [0.5, 0.6) is 0 Å². The van der Waals surface area contributed by atoms with Crippen LogP contribution in [-0.2, 0) is 10.3 Å². The molecule has 1 aliphatic carbocycles. The molecule has 114 valence electrons. The van der Waals surface area contributed by atoms with Gasteiger partial charge in [0.25, 0.3) is 0 Å². The third kappa shape index (κ3) is 4.01. The first-order valence-corrected chi connectivity index (χ1v) is 8.37. The maximum absolute atomic E-state index is 10.0. The fourth-order valence-corrected chi connectivity index (χ4v) is 3.73. The molecule has 0 aliphatic heterocycles. The normalized spacial score (nSPS) is 19.6. The molecule has 0 bridgehead atoms. The largest absolute Gasteiger partial charge is 0.389 e. The Morgan fingerprint density at radius 2 is 2.15 bits per heavy atom. The smallest absolute Gasteiger partial charge is 0.113 e. The average Bonchev–Trinajstić information content (AvgIpc) is 3.03. The Hall–Kier alpha value is -0.490. The van der Waals surface area contributed by atoms with Crippen molar-refractivity contribution in [3.8, 4) is 0 Å². The van der Waals surface area contributed by atoms with Crippen LogP contribution in [0.15, 0.2) is 5.38 Å². The predicted octanol–water partition coefficient (Wildman–Crippen LogP) is 2.60. The Bertz CT molecular complexity index is 414. The zero-order valence-electron chi connectivity index (χ0n) is 12.7. The zero-order chi connectivity index (χ0) is 14.6. The molecule has 0 saturated heterocycles.